The molecule has 0 saturated carbocycles. The number of hydrogen-bond acceptors (Lipinski definition) is 6. The standard InChI is InChI=1S/C45H84N4O8/c1-3-5-7-9-11-13-15-18-22-32-40(50)46-36-28-26-30-38(44(54)55)48-42(52)34-24-20-17-21-25-35-43(53)49-39(45(56)57)31-27-29-37-47-41(51)33-23-19-16-14-12-10-8-6-4-2/h38-39H,3-37H2,1-2H3,(H,46,50)(H,47,51)(H,48,52)(H,49,53)(H,54,55)(H,56,57)/t38-,39-/m0/s1. The van der Waals surface area contributed by atoms with Crippen LogP contribution in [0.1, 0.15) is 226 Å². The van der Waals surface area contributed by atoms with Crippen molar-refractivity contribution in [3.63, 3.8) is 0 Å². The fraction of sp³-hybridized carbons (Fsp3) is 0.867. The van der Waals surface area contributed by atoms with E-state index in [0.29, 0.717) is 77.3 Å². The van der Waals surface area contributed by atoms with E-state index in [1.54, 1.807) is 0 Å². The smallest absolute Gasteiger partial charge is 0.326 e. The van der Waals surface area contributed by atoms with Crippen LogP contribution in [0, 0.1) is 0 Å². The van der Waals surface area contributed by atoms with Gasteiger partial charge in [-0.1, -0.05) is 136 Å². The molecule has 332 valence electrons. The highest BCUT2D eigenvalue weighted by molar-refractivity contribution is 5.84. The second-order valence-electron chi connectivity index (χ2n) is 16.0. The minimum Gasteiger partial charge on any atom is -0.480 e. The molecule has 12 nitrogen and oxygen atoms in total. The number of carboxylic acids is 2. The van der Waals surface area contributed by atoms with Gasteiger partial charge in [-0.25, -0.2) is 9.59 Å². The van der Waals surface area contributed by atoms with Crippen LogP contribution in [0.4, 0.5) is 0 Å². The number of hydrogen-bond donors (Lipinski definition) is 6. The predicted molar refractivity (Wildman–Crippen MR) is 229 cm³/mol. The second kappa shape index (κ2) is 39.6. The minimum atomic E-state index is -1.07. The Morgan fingerprint density at radius 2 is 0.614 bits per heavy atom. The lowest BCUT2D eigenvalue weighted by Crippen LogP contribution is -2.40. The van der Waals surface area contributed by atoms with Gasteiger partial charge in [0.05, 0.1) is 0 Å². The van der Waals surface area contributed by atoms with Crippen molar-refractivity contribution in [2.75, 3.05) is 13.1 Å². The van der Waals surface area contributed by atoms with Crippen molar-refractivity contribution < 1.29 is 39.0 Å². The third-order valence-electron chi connectivity index (χ3n) is 10.6. The molecule has 0 aromatic carbocycles. The fourth-order valence-corrected chi connectivity index (χ4v) is 6.92. The van der Waals surface area contributed by atoms with Gasteiger partial charge in [0, 0.05) is 38.8 Å². The van der Waals surface area contributed by atoms with Crippen LogP contribution in [0.5, 0.6) is 0 Å². The van der Waals surface area contributed by atoms with Crippen LogP contribution < -0.4 is 21.3 Å². The first kappa shape index (κ1) is 53.8. The summed E-state index contributed by atoms with van der Waals surface area (Å²) in [6, 6.07) is -1.91. The monoisotopic (exact) mass is 809 g/mol. The molecule has 4 amide bonds. The third-order valence-corrected chi connectivity index (χ3v) is 10.6. The van der Waals surface area contributed by atoms with Gasteiger partial charge in [0.25, 0.3) is 0 Å². The molecule has 0 aliphatic heterocycles. The summed E-state index contributed by atoms with van der Waals surface area (Å²) in [5.41, 5.74) is 0. The highest BCUT2D eigenvalue weighted by Gasteiger charge is 2.20. The molecule has 0 spiro atoms. The number of nitrogens with one attached hydrogen (secondary N) is 4. The van der Waals surface area contributed by atoms with Crippen molar-refractivity contribution in [1.29, 1.82) is 0 Å². The van der Waals surface area contributed by atoms with Crippen LogP contribution in [0.3, 0.4) is 0 Å². The largest absolute Gasteiger partial charge is 0.480 e. The van der Waals surface area contributed by atoms with Crippen molar-refractivity contribution in [2.45, 2.75) is 238 Å². The van der Waals surface area contributed by atoms with E-state index in [4.69, 9.17) is 0 Å². The van der Waals surface area contributed by atoms with Crippen molar-refractivity contribution >= 4 is 35.6 Å². The third kappa shape index (κ3) is 36.9. The average Bonchev–Trinajstić information content (AvgIpc) is 3.17. The Labute approximate surface area is 346 Å². The molecule has 6 N–H and O–H groups in total. The molecule has 0 radical (unpaired) electrons. The summed E-state index contributed by atoms with van der Waals surface area (Å²) in [7, 11) is 0. The number of carboxylic acid groups (broad SMARTS) is 2. The van der Waals surface area contributed by atoms with Crippen LogP contribution >= 0.6 is 0 Å². The maximum Gasteiger partial charge on any atom is 0.326 e. The summed E-state index contributed by atoms with van der Waals surface area (Å²) >= 11 is 0. The van der Waals surface area contributed by atoms with E-state index >= 15 is 0 Å². The van der Waals surface area contributed by atoms with Gasteiger partial charge in [-0.3, -0.25) is 19.2 Å². The summed E-state index contributed by atoms with van der Waals surface area (Å²) in [5.74, 6) is -2.65. The van der Waals surface area contributed by atoms with Crippen LogP contribution in [0.2, 0.25) is 0 Å². The predicted octanol–water partition coefficient (Wildman–Crippen LogP) is 9.27. The molecule has 0 aromatic rings. The van der Waals surface area contributed by atoms with Crippen LogP contribution in [0.25, 0.3) is 0 Å². The molecule has 0 rings (SSSR count). The van der Waals surface area contributed by atoms with Crippen molar-refractivity contribution in [3.8, 4) is 0 Å². The summed E-state index contributed by atoms with van der Waals surface area (Å²) in [6.07, 6.45) is 29.8. The first-order chi connectivity index (χ1) is 27.6. The zero-order valence-electron chi connectivity index (χ0n) is 36.2. The molecule has 0 fully saturated rings. The Morgan fingerprint density at radius 3 is 0.895 bits per heavy atom. The van der Waals surface area contributed by atoms with Crippen molar-refractivity contribution in [2.24, 2.45) is 0 Å². The van der Waals surface area contributed by atoms with Gasteiger partial charge < -0.3 is 31.5 Å². The SMILES string of the molecule is CCCCCCCCCCCC(=O)NCCCC[C@H](NC(=O)CCCCCCCC(=O)N[C@@H](CCCCNC(=O)CCCCCCCCCCC)C(=O)O)C(=O)O. The zero-order valence-corrected chi connectivity index (χ0v) is 36.2. The number of carbonyl (C=O) groups excluding carboxylic acids is 4. The summed E-state index contributed by atoms with van der Waals surface area (Å²) in [4.78, 5) is 72.3. The van der Waals surface area contributed by atoms with E-state index in [9.17, 15) is 39.0 Å². The molecule has 2 atom stereocenters. The molecule has 0 bridgehead atoms. The average molecular weight is 809 g/mol. The van der Waals surface area contributed by atoms with Crippen molar-refractivity contribution in [3.05, 3.63) is 0 Å². The molecule has 0 aromatic heterocycles. The van der Waals surface area contributed by atoms with Crippen molar-refractivity contribution in [1.82, 2.24) is 21.3 Å². The fourth-order valence-electron chi connectivity index (χ4n) is 6.92. The van der Waals surface area contributed by atoms with E-state index in [1.165, 1.54) is 89.9 Å². The zero-order chi connectivity index (χ0) is 42.2. The number of aliphatic carboxylic acids is 2. The van der Waals surface area contributed by atoms with E-state index < -0.39 is 24.0 Å². The Hall–Kier alpha value is -3.18. The van der Waals surface area contributed by atoms with Gasteiger partial charge in [0.2, 0.25) is 23.6 Å². The number of amides is 4. The van der Waals surface area contributed by atoms with Gasteiger partial charge in [-0.2, -0.15) is 0 Å². The summed E-state index contributed by atoms with van der Waals surface area (Å²) < 4.78 is 0. The lowest BCUT2D eigenvalue weighted by atomic mass is 10.1. The molecule has 0 unspecified atom stereocenters. The van der Waals surface area contributed by atoms with Gasteiger partial charge in [-0.05, 0) is 64.2 Å². The number of carbonyl (C=O) groups is 6. The second-order valence-corrected chi connectivity index (χ2v) is 16.0. The van der Waals surface area contributed by atoms with E-state index in [-0.39, 0.29) is 36.5 Å². The first-order valence-electron chi connectivity index (χ1n) is 23.2. The highest BCUT2D eigenvalue weighted by Crippen LogP contribution is 2.13. The molecule has 0 aliphatic rings. The van der Waals surface area contributed by atoms with E-state index in [2.05, 4.69) is 35.1 Å². The molecule has 57 heavy (non-hydrogen) atoms. The number of unbranched alkanes of at least 4 members (excludes halogenated alkanes) is 22. The molecular formula is C45H84N4O8. The maximum absolute atomic E-state index is 12.4. The summed E-state index contributed by atoms with van der Waals surface area (Å²) in [6.45, 7) is 5.44. The Bertz CT molecular complexity index is 976. The van der Waals surface area contributed by atoms with Gasteiger partial charge in [-0.15, -0.1) is 0 Å². The minimum absolute atomic E-state index is 0.0381. The first-order valence-corrected chi connectivity index (χ1v) is 23.2. The quantitative estimate of drug-likeness (QED) is 0.0329. The van der Waals surface area contributed by atoms with Gasteiger partial charge >= 0.3 is 11.9 Å². The van der Waals surface area contributed by atoms with Crippen LogP contribution in [0.15, 0.2) is 0 Å². The topological polar surface area (TPSA) is 191 Å². The Morgan fingerprint density at radius 1 is 0.351 bits per heavy atom. The maximum atomic E-state index is 12.4. The molecular weight excluding hydrogens is 725 g/mol. The van der Waals surface area contributed by atoms with Gasteiger partial charge in [0.1, 0.15) is 12.1 Å². The van der Waals surface area contributed by atoms with Gasteiger partial charge in [0.15, 0.2) is 0 Å². The number of rotatable bonds is 42. The molecule has 0 aliphatic carbocycles. The lowest BCUT2D eigenvalue weighted by Gasteiger charge is -2.15. The Kier molecular flexibility index (Phi) is 37.4. The lowest BCUT2D eigenvalue weighted by molar-refractivity contribution is -0.142. The van der Waals surface area contributed by atoms with Crippen LogP contribution in [-0.4, -0.2) is 71.0 Å². The highest BCUT2D eigenvalue weighted by atomic mass is 16.4. The molecule has 12 heteroatoms. The van der Waals surface area contributed by atoms with E-state index in [1.807, 2.05) is 0 Å². The van der Waals surface area contributed by atoms with Crippen LogP contribution in [-0.2, 0) is 28.8 Å². The molecule has 0 saturated heterocycles. The van der Waals surface area contributed by atoms with E-state index in [0.717, 1.165) is 44.9 Å². The molecule has 0 heterocycles. The normalized spacial score (nSPS) is 12.1. The summed E-state index contributed by atoms with van der Waals surface area (Å²) in [5, 5.41) is 30.2. The Balaban J connectivity index is 3.91.